The molecule has 8 heteroatoms. The first-order valence-electron chi connectivity index (χ1n) is 10.8. The highest BCUT2D eigenvalue weighted by atomic mass is 32.2. The van der Waals surface area contributed by atoms with Crippen molar-refractivity contribution in [2.24, 2.45) is 14.1 Å². The minimum Gasteiger partial charge on any atom is -0.321 e. The smallest absolute Gasteiger partial charge is 0.321 e. The number of aryl methyl sites for hydroxylation is 2. The van der Waals surface area contributed by atoms with Crippen molar-refractivity contribution in [3.63, 3.8) is 0 Å². The first-order valence-corrected chi connectivity index (χ1v) is 12.3. The lowest BCUT2D eigenvalue weighted by atomic mass is 9.87. The summed E-state index contributed by atoms with van der Waals surface area (Å²) in [7, 11) is -0.789. The predicted octanol–water partition coefficient (Wildman–Crippen LogP) is 4.26. The van der Waals surface area contributed by atoms with Crippen molar-refractivity contribution in [1.29, 1.82) is 0 Å². The van der Waals surface area contributed by atoms with Crippen LogP contribution in [-0.2, 0) is 29.3 Å². The fourth-order valence-corrected chi connectivity index (χ4v) is 5.32. The van der Waals surface area contributed by atoms with Crippen LogP contribution in [0.5, 0.6) is 0 Å². The zero-order valence-corrected chi connectivity index (χ0v) is 20.6. The number of amides is 1. The summed E-state index contributed by atoms with van der Waals surface area (Å²) >= 11 is 0. The summed E-state index contributed by atoms with van der Waals surface area (Å²) in [6.45, 7) is 6.26. The second-order valence-electron chi connectivity index (χ2n) is 9.34. The fourth-order valence-electron chi connectivity index (χ4n) is 3.89. The van der Waals surface area contributed by atoms with Gasteiger partial charge in [-0.1, -0.05) is 51.1 Å². The van der Waals surface area contributed by atoms with Gasteiger partial charge in [-0.2, -0.15) is 0 Å². The Balaban J connectivity index is 1.85. The van der Waals surface area contributed by atoms with Gasteiger partial charge in [-0.25, -0.2) is 13.2 Å². The van der Waals surface area contributed by atoms with E-state index in [-0.39, 0.29) is 26.6 Å². The fraction of sp³-hybridized carbons (Fsp3) is 0.231. The van der Waals surface area contributed by atoms with Crippen LogP contribution in [0.3, 0.4) is 0 Å². The Kier molecular flexibility index (Phi) is 5.73. The van der Waals surface area contributed by atoms with Crippen molar-refractivity contribution < 1.29 is 13.2 Å². The molecule has 0 radical (unpaired) electrons. The zero-order chi connectivity index (χ0) is 24.8. The monoisotopic (exact) mass is 477 g/mol. The summed E-state index contributed by atoms with van der Waals surface area (Å²) in [5.74, 6) is -0.440. The molecule has 4 rings (SSSR count). The van der Waals surface area contributed by atoms with Gasteiger partial charge < -0.3 is 5.32 Å². The lowest BCUT2D eigenvalue weighted by Gasteiger charge is -2.19. The number of nitrogens with one attached hydrogen (secondary N) is 1. The van der Waals surface area contributed by atoms with Crippen LogP contribution in [0.25, 0.3) is 11.0 Å². The van der Waals surface area contributed by atoms with Crippen molar-refractivity contribution >= 4 is 32.5 Å². The standard InChI is InChI=1S/C26H27N3O4S/c1-26(2,3)18-13-11-17(12-14-18)24(30)27-20-15-21-22(29(5)25(31)28(21)4)16-23(20)34(32,33)19-9-7-6-8-10-19/h6-16H,1-5H3,(H,27,30). The van der Waals surface area contributed by atoms with Gasteiger partial charge in [0.05, 0.1) is 26.5 Å². The van der Waals surface area contributed by atoms with Crippen molar-refractivity contribution in [1.82, 2.24) is 9.13 Å². The molecule has 0 spiro atoms. The molecular formula is C26H27N3O4S. The van der Waals surface area contributed by atoms with Gasteiger partial charge in [0, 0.05) is 19.7 Å². The first-order chi connectivity index (χ1) is 15.9. The summed E-state index contributed by atoms with van der Waals surface area (Å²) in [5, 5.41) is 2.77. The average Bonchev–Trinajstić information content (AvgIpc) is 3.02. The molecule has 0 unspecified atom stereocenters. The lowest BCUT2D eigenvalue weighted by molar-refractivity contribution is 0.102. The second kappa shape index (κ2) is 8.29. The summed E-state index contributed by atoms with van der Waals surface area (Å²) in [5.41, 5.74) is 2.21. The number of imidazole rings is 1. The highest BCUT2D eigenvalue weighted by Gasteiger charge is 2.25. The molecule has 1 heterocycles. The minimum absolute atomic E-state index is 0.0604. The molecule has 34 heavy (non-hydrogen) atoms. The van der Waals surface area contributed by atoms with Gasteiger partial charge in [-0.3, -0.25) is 13.9 Å². The molecular weight excluding hydrogens is 450 g/mol. The van der Waals surface area contributed by atoms with E-state index < -0.39 is 15.7 Å². The van der Waals surface area contributed by atoms with Crippen LogP contribution in [0.4, 0.5) is 5.69 Å². The van der Waals surface area contributed by atoms with E-state index in [2.05, 4.69) is 26.1 Å². The molecule has 176 valence electrons. The van der Waals surface area contributed by atoms with Crippen LogP contribution in [0.1, 0.15) is 36.7 Å². The highest BCUT2D eigenvalue weighted by molar-refractivity contribution is 7.91. The number of rotatable bonds is 4. The van der Waals surface area contributed by atoms with E-state index in [1.54, 1.807) is 44.4 Å². The van der Waals surface area contributed by atoms with E-state index in [4.69, 9.17) is 0 Å². The summed E-state index contributed by atoms with van der Waals surface area (Å²) in [4.78, 5) is 25.6. The quantitative estimate of drug-likeness (QED) is 0.476. The molecule has 0 atom stereocenters. The van der Waals surface area contributed by atoms with Gasteiger partial charge in [0.1, 0.15) is 0 Å². The van der Waals surface area contributed by atoms with Crippen molar-refractivity contribution in [3.05, 3.63) is 88.3 Å². The minimum atomic E-state index is -3.97. The Hall–Kier alpha value is -3.65. The predicted molar refractivity (Wildman–Crippen MR) is 133 cm³/mol. The van der Waals surface area contributed by atoms with Gasteiger partial charge in [0.25, 0.3) is 5.91 Å². The maximum atomic E-state index is 13.5. The van der Waals surface area contributed by atoms with Crippen LogP contribution in [0, 0.1) is 0 Å². The molecule has 0 aliphatic carbocycles. The van der Waals surface area contributed by atoms with E-state index in [1.807, 2.05) is 12.1 Å². The maximum Gasteiger partial charge on any atom is 0.328 e. The lowest BCUT2D eigenvalue weighted by Crippen LogP contribution is -2.19. The molecule has 1 aromatic heterocycles. The molecule has 7 nitrogen and oxygen atoms in total. The third kappa shape index (κ3) is 4.05. The molecule has 0 saturated heterocycles. The van der Waals surface area contributed by atoms with Gasteiger partial charge in [-0.05, 0) is 47.4 Å². The molecule has 0 aliphatic rings. The highest BCUT2D eigenvalue weighted by Crippen LogP contribution is 2.32. The summed E-state index contributed by atoms with van der Waals surface area (Å²) in [6.07, 6.45) is 0. The Morgan fingerprint density at radius 2 is 1.41 bits per heavy atom. The van der Waals surface area contributed by atoms with Crippen LogP contribution in [0.15, 0.2) is 81.3 Å². The molecule has 0 saturated carbocycles. The number of fused-ring (bicyclic) bond motifs is 1. The second-order valence-corrected chi connectivity index (χ2v) is 11.3. The van der Waals surface area contributed by atoms with Crippen LogP contribution >= 0.6 is 0 Å². The number of carbonyl (C=O) groups excluding carboxylic acids is 1. The molecule has 0 bridgehead atoms. The Labute approximate surface area is 198 Å². The molecule has 3 aromatic carbocycles. The normalized spacial score (nSPS) is 12.1. The molecule has 1 amide bonds. The molecule has 1 N–H and O–H groups in total. The SMILES string of the molecule is Cn1c(=O)n(C)c2cc(S(=O)(=O)c3ccccc3)c(NC(=O)c3ccc(C(C)(C)C)cc3)cc21. The van der Waals surface area contributed by atoms with Gasteiger partial charge >= 0.3 is 5.69 Å². The topological polar surface area (TPSA) is 90.2 Å². The van der Waals surface area contributed by atoms with Gasteiger partial charge in [0.15, 0.2) is 0 Å². The van der Waals surface area contributed by atoms with Crippen LogP contribution < -0.4 is 11.0 Å². The third-order valence-corrected chi connectivity index (χ3v) is 7.79. The number of sulfone groups is 1. The van der Waals surface area contributed by atoms with E-state index in [1.165, 1.54) is 33.4 Å². The van der Waals surface area contributed by atoms with E-state index in [9.17, 15) is 18.0 Å². The molecule has 0 fully saturated rings. The zero-order valence-electron chi connectivity index (χ0n) is 19.8. The van der Waals surface area contributed by atoms with Crippen molar-refractivity contribution in [2.75, 3.05) is 5.32 Å². The number of hydrogen-bond donors (Lipinski definition) is 1. The van der Waals surface area contributed by atoms with Gasteiger partial charge in [-0.15, -0.1) is 0 Å². The Morgan fingerprint density at radius 3 is 1.97 bits per heavy atom. The number of aromatic nitrogens is 2. The first kappa shape index (κ1) is 23.5. The largest absolute Gasteiger partial charge is 0.328 e. The number of anilines is 1. The Bertz CT molecular complexity index is 1560. The van der Waals surface area contributed by atoms with Crippen LogP contribution in [0.2, 0.25) is 0 Å². The van der Waals surface area contributed by atoms with E-state index in [0.29, 0.717) is 16.6 Å². The number of nitrogens with zero attached hydrogens (tertiary/aromatic N) is 2. The molecule has 4 aromatic rings. The summed E-state index contributed by atoms with van der Waals surface area (Å²) in [6, 6.07) is 18.2. The number of hydrogen-bond acceptors (Lipinski definition) is 4. The number of benzene rings is 3. The van der Waals surface area contributed by atoms with Crippen molar-refractivity contribution in [2.45, 2.75) is 36.0 Å². The van der Waals surface area contributed by atoms with Crippen molar-refractivity contribution in [3.8, 4) is 0 Å². The van der Waals surface area contributed by atoms with Crippen LogP contribution in [-0.4, -0.2) is 23.5 Å². The van der Waals surface area contributed by atoms with E-state index in [0.717, 1.165) is 5.56 Å². The maximum absolute atomic E-state index is 13.5. The number of carbonyl (C=O) groups is 1. The average molecular weight is 478 g/mol. The third-order valence-electron chi connectivity index (χ3n) is 5.98. The van der Waals surface area contributed by atoms with E-state index >= 15 is 0 Å². The Morgan fingerprint density at radius 1 is 0.853 bits per heavy atom. The van der Waals surface area contributed by atoms with Gasteiger partial charge in [0.2, 0.25) is 9.84 Å². The molecule has 0 aliphatic heterocycles. The summed E-state index contributed by atoms with van der Waals surface area (Å²) < 4.78 is 29.9.